The normalized spacial score (nSPS) is 14.1. The zero-order valence-electron chi connectivity index (χ0n) is 64.3. The predicted octanol–water partition coefficient (Wildman–Crippen LogP) is 14.0. The Morgan fingerprint density at radius 1 is 0.448 bits per heavy atom. The molecule has 2 aliphatic rings. The van der Waals surface area contributed by atoms with Gasteiger partial charge in [0.15, 0.2) is 23.3 Å². The maximum atomic E-state index is 13.4. The quantitative estimate of drug-likeness (QED) is 0.0523. The first-order valence-electron chi connectivity index (χ1n) is 37.7. The van der Waals surface area contributed by atoms with Crippen LogP contribution in [0, 0.1) is 20.8 Å². The number of ether oxygens (including phenoxy) is 1. The van der Waals surface area contributed by atoms with Gasteiger partial charge in [-0.05, 0) is 147 Å². The van der Waals surface area contributed by atoms with Crippen LogP contribution >= 0.6 is 45.3 Å². The van der Waals surface area contributed by atoms with Crippen molar-refractivity contribution < 1.29 is 14.3 Å². The van der Waals surface area contributed by atoms with Gasteiger partial charge in [0.2, 0.25) is 0 Å². The number of nitrogens with one attached hydrogen (secondary N) is 6. The smallest absolute Gasteiger partial charge is 0.269 e. The molecular weight excluding hydrogens is 1540 g/mol. The lowest BCUT2D eigenvalue weighted by Crippen LogP contribution is -2.53. The summed E-state index contributed by atoms with van der Waals surface area (Å²) in [5.74, 6) is 1.54. The molecule has 16 aromatic rings. The molecule has 2 amide bonds. The van der Waals surface area contributed by atoms with Gasteiger partial charge in [-0.25, -0.2) is 19.9 Å². The second-order valence-corrected chi connectivity index (χ2v) is 32.0. The fourth-order valence-electron chi connectivity index (χ4n) is 14.1. The number of carbonyl (C=O) groups excluding carboxylic acids is 2. The van der Waals surface area contributed by atoms with Crippen molar-refractivity contribution in [3.05, 3.63) is 302 Å². The molecule has 14 heterocycles. The van der Waals surface area contributed by atoms with Crippen LogP contribution in [-0.2, 0) is 30.7 Å². The van der Waals surface area contributed by atoms with E-state index in [0.29, 0.717) is 125 Å². The van der Waals surface area contributed by atoms with Crippen molar-refractivity contribution in [2.75, 3.05) is 60.5 Å². The molecule has 0 aliphatic carbocycles. The molecule has 18 rings (SSSR count). The molecule has 4 aromatic carbocycles. The summed E-state index contributed by atoms with van der Waals surface area (Å²) in [5.41, 5.74) is 17.5. The monoisotopic (exact) mass is 1620 g/mol. The van der Waals surface area contributed by atoms with Crippen LogP contribution in [0.1, 0.15) is 59.7 Å². The van der Waals surface area contributed by atoms with Gasteiger partial charge in [0, 0.05) is 122 Å². The molecule has 24 nitrogen and oxygen atoms in total. The molecule has 0 bridgehead atoms. The molecule has 2 unspecified atom stereocenters. The number of fused-ring (bicyclic) bond motifs is 4. The van der Waals surface area contributed by atoms with Gasteiger partial charge in [-0.2, -0.15) is 0 Å². The summed E-state index contributed by atoms with van der Waals surface area (Å²) in [4.78, 5) is 130. The Morgan fingerprint density at radius 3 is 1.30 bits per heavy atom. The lowest BCUT2D eigenvalue weighted by Gasteiger charge is -2.33. The zero-order valence-corrected chi connectivity index (χ0v) is 67.6. The molecule has 2 aliphatic heterocycles. The minimum Gasteiger partial charge on any atom is -0.380 e. The average molecular weight is 1620 g/mol. The number of hydrogen-bond acceptors (Lipinski definition) is 22. The number of methoxy groups -OCH3 is 1. The first kappa shape index (κ1) is 78.9. The Kier molecular flexibility index (Phi) is 24.5. The van der Waals surface area contributed by atoms with Gasteiger partial charge >= 0.3 is 0 Å². The van der Waals surface area contributed by atoms with Crippen LogP contribution in [0.2, 0.25) is 0 Å². The second-order valence-electron chi connectivity index (χ2n) is 28.5. The van der Waals surface area contributed by atoms with E-state index in [2.05, 4.69) is 167 Å². The molecule has 0 saturated carbocycles. The first-order valence-corrected chi connectivity index (χ1v) is 41.2. The van der Waals surface area contributed by atoms with Crippen LogP contribution in [0.4, 0.5) is 0 Å². The van der Waals surface area contributed by atoms with Crippen molar-refractivity contribution in [2.24, 2.45) is 0 Å². The first-order chi connectivity index (χ1) is 56.5. The molecular formula is C88H81N17O7S4. The van der Waals surface area contributed by atoms with Crippen molar-refractivity contribution in [1.29, 1.82) is 0 Å². The molecule has 584 valence electrons. The number of rotatable bonds is 16. The molecule has 12 aromatic heterocycles. The highest BCUT2D eigenvalue weighted by molar-refractivity contribution is 7.18. The zero-order chi connectivity index (χ0) is 80.3. The highest BCUT2D eigenvalue weighted by Gasteiger charge is 2.30. The number of nitrogens with zero attached hydrogens (tertiary/aromatic N) is 11. The minimum atomic E-state index is -0.253. The molecule has 6 N–H and O–H groups in total. The van der Waals surface area contributed by atoms with Crippen LogP contribution < -0.4 is 32.9 Å². The Morgan fingerprint density at radius 2 is 0.862 bits per heavy atom. The number of aromatic amines is 4. The van der Waals surface area contributed by atoms with Crippen LogP contribution in [0.5, 0.6) is 0 Å². The standard InChI is InChI=1S/C24H23N5O2S.C23H21N5O2S.C21H20N4OS.C20H17N3O2S/c1-15-5-7-16(8-6-15)12-17-13-29(11-10-25-17)24(31)18-14-32-21-20(18)27-22(28-23(21)30)19-4-2-3-9-26-19;29-22-20-19(26-21(27-22)18-8-4-5-9-25-18)17(14-31-20)23(30)28-11-10-24-16(13-28)12-15-6-2-1-3-7-15;1-13-7-8-14(11-25(2)3)10-15(13)16-12-27-19-18(16)23-20(24-21(19)26)17-6-4-5-9-22-17;1-12-9-13(6-7-14(12)10-25-2)15-11-26-18-17(15)22-19(23-20(18)24)16-5-3-4-8-21-16/h2-9,14,17,25H,10-13H2,1H3,(H,27,28,30);1-9,14,16,24H,10-13H2,(H,26,27,29);4-10,12H,11H2,1-3H3,(H,23,24,26);3-9,11H,10H2,1-2H3,(H,22,23,24). The number of amides is 2. The van der Waals surface area contributed by atoms with E-state index in [9.17, 15) is 28.8 Å². The van der Waals surface area contributed by atoms with Crippen molar-refractivity contribution in [2.45, 2.75) is 58.8 Å². The Balaban J connectivity index is 0.000000122. The number of piperazine rings is 2. The van der Waals surface area contributed by atoms with Gasteiger partial charge in [-0.3, -0.25) is 48.7 Å². The van der Waals surface area contributed by atoms with E-state index >= 15 is 0 Å². The van der Waals surface area contributed by atoms with Crippen molar-refractivity contribution >= 4 is 98.0 Å². The van der Waals surface area contributed by atoms with E-state index in [4.69, 9.17) is 14.7 Å². The Labute approximate surface area is 682 Å². The molecule has 28 heteroatoms. The van der Waals surface area contributed by atoms with E-state index in [1.165, 1.54) is 73.2 Å². The predicted molar refractivity (Wildman–Crippen MR) is 463 cm³/mol. The number of H-pyrrole nitrogens is 4. The van der Waals surface area contributed by atoms with Gasteiger partial charge in [0.05, 0.1) is 28.8 Å². The summed E-state index contributed by atoms with van der Waals surface area (Å²) in [6, 6.07) is 53.8. The number of hydrogen-bond donors (Lipinski definition) is 6. The molecule has 2 saturated heterocycles. The summed E-state index contributed by atoms with van der Waals surface area (Å²) >= 11 is 5.34. The number of benzene rings is 4. The van der Waals surface area contributed by atoms with Gasteiger partial charge < -0.3 is 50.0 Å². The second kappa shape index (κ2) is 36.0. The van der Waals surface area contributed by atoms with E-state index in [1.807, 2.05) is 93.4 Å². The van der Waals surface area contributed by atoms with Crippen LogP contribution in [-0.4, -0.2) is 159 Å². The maximum absolute atomic E-state index is 13.4. The van der Waals surface area contributed by atoms with E-state index in [-0.39, 0.29) is 46.1 Å². The number of pyridine rings is 4. The molecule has 0 spiro atoms. The van der Waals surface area contributed by atoms with Crippen LogP contribution in [0.15, 0.2) is 229 Å². The van der Waals surface area contributed by atoms with Crippen molar-refractivity contribution in [3.63, 3.8) is 0 Å². The number of carbonyl (C=O) groups is 2. The third-order valence-electron chi connectivity index (χ3n) is 19.9. The SMILES string of the molecule is COCc1ccc(-c2csc3c(=O)[nH]c(-c4ccccn4)nc23)cc1C.Cc1ccc(CC2CN(C(=O)c3csc4c(=O)[nH]c(-c5ccccn5)nc34)CCN2)cc1.Cc1ccc(CN(C)C)cc1-c1csc2c(=O)[nH]c(-c3ccccn3)nc12.O=C(c1csc2c(=O)[nH]c(-c3ccccn3)nc12)N1CCNC(Cc2ccccc2)C1. The van der Waals surface area contributed by atoms with Crippen LogP contribution in [0.3, 0.4) is 0 Å². The molecule has 2 fully saturated rings. The Bertz CT molecular complexity index is 6430. The summed E-state index contributed by atoms with van der Waals surface area (Å²) in [6.07, 6.45) is 8.39. The topological polar surface area (TPSA) is 312 Å². The third-order valence-corrected chi connectivity index (χ3v) is 23.7. The fraction of sp³-hybridized carbons (Fsp3) is 0.205. The van der Waals surface area contributed by atoms with Crippen LogP contribution in [0.25, 0.3) is 109 Å². The average Bonchev–Trinajstić information content (AvgIpc) is 1.62. The van der Waals surface area contributed by atoms with Gasteiger partial charge in [-0.15, -0.1) is 45.3 Å². The summed E-state index contributed by atoms with van der Waals surface area (Å²) in [7, 11) is 5.80. The van der Waals surface area contributed by atoms with Gasteiger partial charge in [-0.1, -0.05) is 115 Å². The fourth-order valence-corrected chi connectivity index (χ4v) is 17.6. The number of aryl methyl sites for hydroxylation is 3. The van der Waals surface area contributed by atoms with Crippen molar-refractivity contribution in [3.8, 4) is 68.3 Å². The number of thiophene rings is 4. The van der Waals surface area contributed by atoms with Crippen molar-refractivity contribution in [1.82, 2.24) is 85.1 Å². The van der Waals surface area contributed by atoms with Gasteiger partial charge in [0.25, 0.3) is 34.1 Å². The summed E-state index contributed by atoms with van der Waals surface area (Å²) < 4.78 is 7.41. The number of aromatic nitrogens is 12. The maximum Gasteiger partial charge on any atom is 0.269 e. The van der Waals surface area contributed by atoms with E-state index in [1.54, 1.807) is 66.9 Å². The lowest BCUT2D eigenvalue weighted by molar-refractivity contribution is 0.0698. The minimum absolute atomic E-state index is 0.0864. The molecule has 2 atom stereocenters. The summed E-state index contributed by atoms with van der Waals surface area (Å²) in [5, 5.41) is 14.5. The highest BCUT2D eigenvalue weighted by Crippen LogP contribution is 2.37. The van der Waals surface area contributed by atoms with E-state index in [0.717, 1.165) is 71.4 Å². The van der Waals surface area contributed by atoms with Gasteiger partial charge in [0.1, 0.15) is 52.6 Å². The largest absolute Gasteiger partial charge is 0.380 e. The molecule has 116 heavy (non-hydrogen) atoms. The highest BCUT2D eigenvalue weighted by atomic mass is 32.1. The Hall–Kier alpha value is -12.4. The summed E-state index contributed by atoms with van der Waals surface area (Å²) in [6.45, 7) is 11.6. The third kappa shape index (κ3) is 18.1. The lowest BCUT2D eigenvalue weighted by atomic mass is 9.99. The van der Waals surface area contributed by atoms with E-state index < -0.39 is 0 Å². The molecule has 0 radical (unpaired) electrons.